The lowest BCUT2D eigenvalue weighted by atomic mass is 10.2. The molecule has 0 saturated heterocycles. The highest BCUT2D eigenvalue weighted by Gasteiger charge is 2.12. The highest BCUT2D eigenvalue weighted by molar-refractivity contribution is 5.95. The SMILES string of the molecule is O=COC(=O)c1cc(O)ccc1O. The van der Waals surface area contributed by atoms with E-state index in [1.807, 2.05) is 0 Å². The fourth-order valence-electron chi connectivity index (χ4n) is 0.795. The molecule has 0 fully saturated rings. The number of esters is 1. The molecular formula is C8H6O5. The number of carbonyl (C=O) groups is 2. The number of aromatic hydroxyl groups is 2. The molecule has 0 unspecified atom stereocenters. The molecule has 13 heavy (non-hydrogen) atoms. The Morgan fingerprint density at radius 3 is 2.69 bits per heavy atom. The molecule has 5 nitrogen and oxygen atoms in total. The van der Waals surface area contributed by atoms with Crippen molar-refractivity contribution in [3.8, 4) is 11.5 Å². The van der Waals surface area contributed by atoms with Gasteiger partial charge >= 0.3 is 12.4 Å². The van der Waals surface area contributed by atoms with Gasteiger partial charge in [0.1, 0.15) is 17.1 Å². The Morgan fingerprint density at radius 1 is 1.38 bits per heavy atom. The van der Waals surface area contributed by atoms with Crippen LogP contribution in [-0.4, -0.2) is 22.7 Å². The molecule has 1 aromatic carbocycles. The second-order valence-electron chi connectivity index (χ2n) is 2.20. The van der Waals surface area contributed by atoms with Gasteiger partial charge in [-0.2, -0.15) is 0 Å². The van der Waals surface area contributed by atoms with E-state index in [0.717, 1.165) is 12.1 Å². The monoisotopic (exact) mass is 182 g/mol. The molecule has 68 valence electrons. The van der Waals surface area contributed by atoms with E-state index in [-0.39, 0.29) is 23.5 Å². The average molecular weight is 182 g/mol. The number of hydrogen-bond donors (Lipinski definition) is 2. The highest BCUT2D eigenvalue weighted by Crippen LogP contribution is 2.22. The molecule has 5 heteroatoms. The van der Waals surface area contributed by atoms with E-state index < -0.39 is 5.97 Å². The smallest absolute Gasteiger partial charge is 0.349 e. The lowest BCUT2D eigenvalue weighted by Crippen LogP contribution is -2.03. The van der Waals surface area contributed by atoms with Crippen molar-refractivity contribution < 1.29 is 24.5 Å². The Labute approximate surface area is 73.2 Å². The summed E-state index contributed by atoms with van der Waals surface area (Å²) >= 11 is 0. The maximum Gasteiger partial charge on any atom is 0.349 e. The molecule has 1 rings (SSSR count). The van der Waals surface area contributed by atoms with E-state index in [1.165, 1.54) is 6.07 Å². The van der Waals surface area contributed by atoms with E-state index >= 15 is 0 Å². The van der Waals surface area contributed by atoms with Crippen molar-refractivity contribution in [3.05, 3.63) is 23.8 Å². The summed E-state index contributed by atoms with van der Waals surface area (Å²) in [6, 6.07) is 3.32. The van der Waals surface area contributed by atoms with Crippen molar-refractivity contribution in [2.24, 2.45) is 0 Å². The Hall–Kier alpha value is -2.04. The number of hydrogen-bond acceptors (Lipinski definition) is 5. The van der Waals surface area contributed by atoms with Gasteiger partial charge in [-0.1, -0.05) is 0 Å². The average Bonchev–Trinajstić information content (AvgIpc) is 2.09. The second-order valence-corrected chi connectivity index (χ2v) is 2.20. The van der Waals surface area contributed by atoms with Crippen LogP contribution in [0.1, 0.15) is 10.4 Å². The van der Waals surface area contributed by atoms with Gasteiger partial charge in [-0.05, 0) is 18.2 Å². The Balaban J connectivity index is 3.05. The molecule has 1 aromatic rings. The van der Waals surface area contributed by atoms with Crippen molar-refractivity contribution in [2.75, 3.05) is 0 Å². The van der Waals surface area contributed by atoms with Gasteiger partial charge in [0.15, 0.2) is 0 Å². The van der Waals surface area contributed by atoms with Crippen LogP contribution in [0.4, 0.5) is 0 Å². The Morgan fingerprint density at radius 2 is 2.08 bits per heavy atom. The Kier molecular flexibility index (Phi) is 2.49. The van der Waals surface area contributed by atoms with Crippen LogP contribution in [0.25, 0.3) is 0 Å². The third kappa shape index (κ3) is 1.96. The number of phenolic OH excluding ortho intramolecular Hbond substituents is 2. The molecular weight excluding hydrogens is 176 g/mol. The van der Waals surface area contributed by atoms with Gasteiger partial charge in [-0.25, -0.2) is 4.79 Å². The van der Waals surface area contributed by atoms with E-state index in [1.54, 1.807) is 0 Å². The van der Waals surface area contributed by atoms with Gasteiger partial charge in [-0.15, -0.1) is 0 Å². The topological polar surface area (TPSA) is 83.8 Å². The van der Waals surface area contributed by atoms with Crippen molar-refractivity contribution in [1.29, 1.82) is 0 Å². The molecule has 0 aliphatic carbocycles. The largest absolute Gasteiger partial charge is 0.508 e. The molecule has 0 radical (unpaired) electrons. The maximum absolute atomic E-state index is 10.9. The molecule has 0 spiro atoms. The van der Waals surface area contributed by atoms with Crippen LogP contribution in [0.3, 0.4) is 0 Å². The summed E-state index contributed by atoms with van der Waals surface area (Å²) in [6.45, 7) is -0.0498. The first-order valence-corrected chi connectivity index (χ1v) is 3.31. The van der Waals surface area contributed by atoms with Crippen LogP contribution < -0.4 is 0 Å². The standard InChI is InChI=1S/C8H6O5/c9-4-13-8(12)6-3-5(10)1-2-7(6)11/h1-4,10-11H. The zero-order valence-corrected chi connectivity index (χ0v) is 6.43. The normalized spacial score (nSPS) is 9.23. The first kappa shape index (κ1) is 9.05. The summed E-state index contributed by atoms with van der Waals surface area (Å²) in [5.74, 6) is -1.57. The van der Waals surface area contributed by atoms with Gasteiger partial charge in [0.05, 0.1) is 0 Å². The number of rotatable bonds is 2. The number of benzene rings is 1. The molecule has 0 aliphatic rings. The van der Waals surface area contributed by atoms with Gasteiger partial charge in [0.25, 0.3) is 0 Å². The zero-order valence-electron chi connectivity index (χ0n) is 6.43. The van der Waals surface area contributed by atoms with Gasteiger partial charge in [-0.3, -0.25) is 4.79 Å². The predicted octanol–water partition coefficient (Wildman–Crippen LogP) is 0.411. The molecule has 2 N–H and O–H groups in total. The van der Waals surface area contributed by atoms with Crippen molar-refractivity contribution >= 4 is 12.4 Å². The highest BCUT2D eigenvalue weighted by atomic mass is 16.6. The van der Waals surface area contributed by atoms with Crippen molar-refractivity contribution in [1.82, 2.24) is 0 Å². The molecule has 0 aromatic heterocycles. The summed E-state index contributed by atoms with van der Waals surface area (Å²) in [4.78, 5) is 20.7. The van der Waals surface area contributed by atoms with Crippen LogP contribution in [0.5, 0.6) is 11.5 Å². The third-order valence-electron chi connectivity index (χ3n) is 1.36. The number of ether oxygens (including phenoxy) is 1. The quantitative estimate of drug-likeness (QED) is 0.299. The fourth-order valence-corrected chi connectivity index (χ4v) is 0.795. The molecule has 0 bridgehead atoms. The summed E-state index contributed by atoms with van der Waals surface area (Å²) < 4.78 is 3.97. The minimum absolute atomic E-state index is 0.0498. The summed E-state index contributed by atoms with van der Waals surface area (Å²) in [5.41, 5.74) is -0.257. The number of carbonyl (C=O) groups excluding carboxylic acids is 2. The van der Waals surface area contributed by atoms with E-state index in [9.17, 15) is 9.59 Å². The van der Waals surface area contributed by atoms with Crippen LogP contribution >= 0.6 is 0 Å². The van der Waals surface area contributed by atoms with E-state index in [2.05, 4.69) is 4.74 Å². The predicted molar refractivity (Wildman–Crippen MR) is 41.3 cm³/mol. The van der Waals surface area contributed by atoms with Crippen LogP contribution in [0.2, 0.25) is 0 Å². The maximum atomic E-state index is 10.9. The molecule has 0 heterocycles. The summed E-state index contributed by atoms with van der Waals surface area (Å²) in [5, 5.41) is 18.1. The fraction of sp³-hybridized carbons (Fsp3) is 0. The molecule has 0 atom stereocenters. The zero-order chi connectivity index (χ0) is 9.84. The minimum Gasteiger partial charge on any atom is -0.508 e. The van der Waals surface area contributed by atoms with Crippen molar-refractivity contribution in [2.45, 2.75) is 0 Å². The van der Waals surface area contributed by atoms with Gasteiger partial charge < -0.3 is 14.9 Å². The number of phenols is 2. The van der Waals surface area contributed by atoms with Crippen LogP contribution in [0.15, 0.2) is 18.2 Å². The van der Waals surface area contributed by atoms with Gasteiger partial charge in [0.2, 0.25) is 0 Å². The van der Waals surface area contributed by atoms with E-state index in [0.29, 0.717) is 0 Å². The summed E-state index contributed by atoms with van der Waals surface area (Å²) in [7, 11) is 0. The van der Waals surface area contributed by atoms with Crippen LogP contribution in [-0.2, 0) is 9.53 Å². The lowest BCUT2D eigenvalue weighted by Gasteiger charge is -2.00. The molecule has 0 saturated carbocycles. The molecule has 0 aliphatic heterocycles. The third-order valence-corrected chi connectivity index (χ3v) is 1.36. The van der Waals surface area contributed by atoms with E-state index in [4.69, 9.17) is 10.2 Å². The van der Waals surface area contributed by atoms with Crippen LogP contribution in [0, 0.1) is 0 Å². The minimum atomic E-state index is -1.01. The molecule has 0 amide bonds. The Bertz CT molecular complexity index is 344. The lowest BCUT2D eigenvalue weighted by molar-refractivity contribution is -0.123. The first-order chi connectivity index (χ1) is 6.15. The van der Waals surface area contributed by atoms with Crippen molar-refractivity contribution in [3.63, 3.8) is 0 Å². The second kappa shape index (κ2) is 3.57. The first-order valence-electron chi connectivity index (χ1n) is 3.31. The summed E-state index contributed by atoms with van der Waals surface area (Å²) in [6.07, 6.45) is 0. The van der Waals surface area contributed by atoms with Gasteiger partial charge in [0, 0.05) is 0 Å².